The number of hydrogen-bond acceptors (Lipinski definition) is 3. The fourth-order valence-electron chi connectivity index (χ4n) is 1.57. The Labute approximate surface area is 103 Å². The van der Waals surface area contributed by atoms with Crippen LogP contribution in [0.25, 0.3) is 0 Å². The number of nitrogens with two attached hydrogens (primary N) is 2. The summed E-state index contributed by atoms with van der Waals surface area (Å²) in [5.74, 6) is -0.444. The van der Waals surface area contributed by atoms with Gasteiger partial charge in [0.2, 0.25) is 0 Å². The maximum atomic E-state index is 11.2. The van der Waals surface area contributed by atoms with Gasteiger partial charge in [0.1, 0.15) is 0 Å². The van der Waals surface area contributed by atoms with Crippen LogP contribution in [0.5, 0.6) is 0 Å². The number of nitrogen functional groups attached to an aromatic ring is 1. The number of primary amides is 1. The van der Waals surface area contributed by atoms with E-state index in [9.17, 15) is 4.79 Å². The van der Waals surface area contributed by atoms with Gasteiger partial charge in [-0.2, -0.15) is 0 Å². The van der Waals surface area contributed by atoms with Crippen molar-refractivity contribution < 1.29 is 4.79 Å². The summed E-state index contributed by atoms with van der Waals surface area (Å²) in [7, 11) is 0. The Kier molecular flexibility index (Phi) is 3.01. The molecule has 0 aliphatic heterocycles. The fourth-order valence-corrected chi connectivity index (χ4v) is 1.70. The predicted octanol–water partition coefficient (Wildman–Crippen LogP) is 1.27. The van der Waals surface area contributed by atoms with Gasteiger partial charge in [-0.1, -0.05) is 23.7 Å². The highest BCUT2D eigenvalue weighted by atomic mass is 35.5. The maximum Gasteiger partial charge on any atom is 0.269 e. The van der Waals surface area contributed by atoms with Gasteiger partial charge in [0.25, 0.3) is 5.91 Å². The molecule has 4 N–H and O–H groups in total. The Hall–Kier alpha value is -2.01. The van der Waals surface area contributed by atoms with E-state index in [0.29, 0.717) is 11.6 Å². The molecule has 0 radical (unpaired) electrons. The summed E-state index contributed by atoms with van der Waals surface area (Å²) in [6.07, 6.45) is 1.49. The average molecular weight is 251 g/mol. The Bertz CT molecular complexity index is 547. The van der Waals surface area contributed by atoms with Crippen molar-refractivity contribution in [3.05, 3.63) is 46.9 Å². The molecule has 0 saturated heterocycles. The van der Waals surface area contributed by atoms with E-state index in [1.165, 1.54) is 6.33 Å². The van der Waals surface area contributed by atoms with Crippen molar-refractivity contribution in [2.45, 2.75) is 6.54 Å². The molecule has 2 rings (SSSR count). The molecule has 5 nitrogen and oxygen atoms in total. The zero-order valence-corrected chi connectivity index (χ0v) is 9.69. The molecular weight excluding hydrogens is 240 g/mol. The van der Waals surface area contributed by atoms with Crippen molar-refractivity contribution in [2.75, 3.05) is 5.73 Å². The third-order valence-electron chi connectivity index (χ3n) is 2.37. The van der Waals surface area contributed by atoms with E-state index in [2.05, 4.69) is 4.98 Å². The van der Waals surface area contributed by atoms with Crippen LogP contribution >= 0.6 is 11.6 Å². The quantitative estimate of drug-likeness (QED) is 0.860. The van der Waals surface area contributed by atoms with Crippen molar-refractivity contribution >= 4 is 23.3 Å². The molecule has 0 aliphatic rings. The lowest BCUT2D eigenvalue weighted by atomic mass is 10.2. The first-order chi connectivity index (χ1) is 8.08. The second kappa shape index (κ2) is 4.47. The van der Waals surface area contributed by atoms with Crippen LogP contribution < -0.4 is 11.5 Å². The first-order valence-corrected chi connectivity index (χ1v) is 5.30. The zero-order valence-electron chi connectivity index (χ0n) is 8.93. The van der Waals surface area contributed by atoms with E-state index in [1.807, 2.05) is 12.1 Å². The molecule has 1 aromatic heterocycles. The first-order valence-electron chi connectivity index (χ1n) is 4.93. The molecule has 0 saturated carbocycles. The lowest BCUT2D eigenvalue weighted by molar-refractivity contribution is 0.0993. The van der Waals surface area contributed by atoms with Gasteiger partial charge in [-0.3, -0.25) is 4.79 Å². The Balaban J connectivity index is 2.30. The lowest BCUT2D eigenvalue weighted by Crippen LogP contribution is -2.18. The summed E-state index contributed by atoms with van der Waals surface area (Å²) in [5, 5.41) is 0.661. The lowest BCUT2D eigenvalue weighted by Gasteiger charge is -2.06. The van der Waals surface area contributed by atoms with Crippen LogP contribution in [0, 0.1) is 0 Å². The van der Waals surface area contributed by atoms with Gasteiger partial charge in [0.05, 0.1) is 6.33 Å². The maximum absolute atomic E-state index is 11.2. The van der Waals surface area contributed by atoms with E-state index in [0.717, 1.165) is 5.56 Å². The van der Waals surface area contributed by atoms with Crippen LogP contribution in [0.4, 0.5) is 5.82 Å². The Morgan fingerprint density at radius 3 is 2.59 bits per heavy atom. The van der Waals surface area contributed by atoms with Crippen molar-refractivity contribution in [1.82, 2.24) is 9.55 Å². The highest BCUT2D eigenvalue weighted by Gasteiger charge is 2.13. The van der Waals surface area contributed by atoms with Crippen molar-refractivity contribution in [3.8, 4) is 0 Å². The minimum Gasteiger partial charge on any atom is -0.382 e. The SMILES string of the molecule is NC(=O)c1c(N)ncn1Cc1ccc(Cl)cc1. The molecule has 2 aromatic rings. The average Bonchev–Trinajstić information content (AvgIpc) is 2.63. The highest BCUT2D eigenvalue weighted by molar-refractivity contribution is 6.30. The second-order valence-electron chi connectivity index (χ2n) is 3.60. The van der Waals surface area contributed by atoms with Gasteiger partial charge in [0, 0.05) is 11.6 Å². The Morgan fingerprint density at radius 1 is 1.35 bits per heavy atom. The van der Waals surface area contributed by atoms with Crippen molar-refractivity contribution in [3.63, 3.8) is 0 Å². The molecule has 1 aromatic carbocycles. The molecule has 0 unspecified atom stereocenters. The van der Waals surface area contributed by atoms with Gasteiger partial charge in [-0.05, 0) is 17.7 Å². The standard InChI is InChI=1S/C11H11ClN4O/c12-8-3-1-7(2-4-8)5-16-6-15-10(13)9(16)11(14)17/h1-4,6H,5,13H2,(H2,14,17). The summed E-state index contributed by atoms with van der Waals surface area (Å²) >= 11 is 5.79. The molecule has 0 spiro atoms. The smallest absolute Gasteiger partial charge is 0.269 e. The zero-order chi connectivity index (χ0) is 12.4. The number of hydrogen-bond donors (Lipinski definition) is 2. The summed E-state index contributed by atoms with van der Waals surface area (Å²) in [6, 6.07) is 7.29. The number of carbonyl (C=O) groups excluding carboxylic acids is 1. The number of anilines is 1. The van der Waals surface area contributed by atoms with Crippen LogP contribution in [0.1, 0.15) is 16.1 Å². The minimum absolute atomic E-state index is 0.145. The van der Waals surface area contributed by atoms with Crippen LogP contribution in [-0.4, -0.2) is 15.5 Å². The molecule has 0 aliphatic carbocycles. The number of imidazole rings is 1. The van der Waals surface area contributed by atoms with E-state index in [4.69, 9.17) is 23.1 Å². The molecule has 1 heterocycles. The third-order valence-corrected chi connectivity index (χ3v) is 2.62. The molecule has 6 heteroatoms. The molecule has 0 bridgehead atoms. The molecule has 1 amide bonds. The van der Waals surface area contributed by atoms with Crippen LogP contribution in [0.15, 0.2) is 30.6 Å². The number of rotatable bonds is 3. The largest absolute Gasteiger partial charge is 0.382 e. The number of benzene rings is 1. The van der Waals surface area contributed by atoms with Crippen LogP contribution in [0.2, 0.25) is 5.02 Å². The van der Waals surface area contributed by atoms with E-state index in [-0.39, 0.29) is 11.5 Å². The van der Waals surface area contributed by atoms with Crippen molar-refractivity contribution in [2.24, 2.45) is 5.73 Å². The Morgan fingerprint density at radius 2 is 2.00 bits per heavy atom. The van der Waals surface area contributed by atoms with Crippen molar-refractivity contribution in [1.29, 1.82) is 0 Å². The summed E-state index contributed by atoms with van der Waals surface area (Å²) in [6.45, 7) is 0.472. The predicted molar refractivity (Wildman–Crippen MR) is 65.7 cm³/mol. The minimum atomic E-state index is -0.589. The van der Waals surface area contributed by atoms with Gasteiger partial charge < -0.3 is 16.0 Å². The molecule has 0 fully saturated rings. The van der Waals surface area contributed by atoms with E-state index < -0.39 is 5.91 Å². The van der Waals surface area contributed by atoms with Gasteiger partial charge >= 0.3 is 0 Å². The van der Waals surface area contributed by atoms with Gasteiger partial charge in [0.15, 0.2) is 11.5 Å². The van der Waals surface area contributed by atoms with Gasteiger partial charge in [-0.25, -0.2) is 4.98 Å². The summed E-state index contributed by atoms with van der Waals surface area (Å²) in [5.41, 5.74) is 12.0. The first kappa shape index (κ1) is 11.5. The van der Waals surface area contributed by atoms with Crippen LogP contribution in [-0.2, 0) is 6.54 Å². The molecule has 17 heavy (non-hydrogen) atoms. The molecular formula is C11H11ClN4O. The number of amides is 1. The second-order valence-corrected chi connectivity index (χ2v) is 4.03. The topological polar surface area (TPSA) is 86.9 Å². The number of nitrogens with zero attached hydrogens (tertiary/aromatic N) is 2. The molecule has 0 atom stereocenters. The van der Waals surface area contributed by atoms with Crippen LogP contribution in [0.3, 0.4) is 0 Å². The fraction of sp³-hybridized carbons (Fsp3) is 0.0909. The number of carbonyl (C=O) groups is 1. The molecule has 88 valence electrons. The third kappa shape index (κ3) is 2.39. The number of aromatic nitrogens is 2. The number of halogens is 1. The van der Waals surface area contributed by atoms with E-state index >= 15 is 0 Å². The van der Waals surface area contributed by atoms with Gasteiger partial charge in [-0.15, -0.1) is 0 Å². The van der Waals surface area contributed by atoms with E-state index in [1.54, 1.807) is 16.7 Å². The normalized spacial score (nSPS) is 10.4. The monoisotopic (exact) mass is 250 g/mol. The summed E-state index contributed by atoms with van der Waals surface area (Å²) < 4.78 is 1.61. The highest BCUT2D eigenvalue weighted by Crippen LogP contribution is 2.14. The summed E-state index contributed by atoms with van der Waals surface area (Å²) in [4.78, 5) is 15.1.